The first-order chi connectivity index (χ1) is 17.7. The minimum atomic E-state index is 0.0231. The number of allylic oxidation sites excluding steroid dienone is 2. The Kier molecular flexibility index (Phi) is 4.95. The van der Waals surface area contributed by atoms with Crippen LogP contribution in [0, 0.1) is 0 Å². The first kappa shape index (κ1) is 21.4. The number of nitrogens with zero attached hydrogens (tertiary/aromatic N) is 1. The van der Waals surface area contributed by atoms with Gasteiger partial charge in [0.25, 0.3) is 0 Å². The van der Waals surface area contributed by atoms with Crippen LogP contribution in [0.25, 0.3) is 17.0 Å². The Balaban J connectivity index is 1.56. The maximum Gasteiger partial charge on any atom is 0.119 e. The molecule has 0 saturated heterocycles. The van der Waals surface area contributed by atoms with Gasteiger partial charge in [-0.1, -0.05) is 30.3 Å². The van der Waals surface area contributed by atoms with Crippen LogP contribution in [0.2, 0.25) is 0 Å². The summed E-state index contributed by atoms with van der Waals surface area (Å²) in [5.41, 5.74) is 11.7. The zero-order chi connectivity index (χ0) is 24.2. The van der Waals surface area contributed by atoms with Crippen molar-refractivity contribution in [3.05, 3.63) is 106 Å². The number of aromatic amines is 1. The standard InChI is InChI=1S/C32H30N2O2/c1-35-23-13-12-21-17-30(20-8-4-3-5-9-20)34-29-11-7-6-10-22(29)16-27-26-19-24(36-2)14-15-28(26)33-31(27)32(34)25(21)18-23/h6-8,10-15,17-19,32-33H,3-5,9,16H2,1-2H3. The Morgan fingerprint density at radius 1 is 0.917 bits per heavy atom. The lowest BCUT2D eigenvalue weighted by Crippen LogP contribution is -2.33. The molecular weight excluding hydrogens is 444 g/mol. The molecule has 0 spiro atoms. The van der Waals surface area contributed by atoms with Crippen molar-refractivity contribution < 1.29 is 9.47 Å². The summed E-state index contributed by atoms with van der Waals surface area (Å²) in [7, 11) is 3.49. The van der Waals surface area contributed by atoms with Gasteiger partial charge in [0.1, 0.15) is 17.5 Å². The molecule has 1 N–H and O–H groups in total. The number of benzene rings is 3. The van der Waals surface area contributed by atoms with Crippen molar-refractivity contribution in [3.8, 4) is 11.5 Å². The number of para-hydroxylation sites is 1. The van der Waals surface area contributed by atoms with Crippen molar-refractivity contribution in [2.24, 2.45) is 0 Å². The molecular formula is C32H30N2O2. The molecule has 3 aliphatic rings. The summed E-state index contributed by atoms with van der Waals surface area (Å²) in [5, 5.41) is 1.23. The summed E-state index contributed by atoms with van der Waals surface area (Å²) < 4.78 is 11.3. The molecule has 36 heavy (non-hydrogen) atoms. The summed E-state index contributed by atoms with van der Waals surface area (Å²) in [6.07, 6.45) is 10.5. The average molecular weight is 475 g/mol. The van der Waals surface area contributed by atoms with E-state index in [0.717, 1.165) is 36.3 Å². The summed E-state index contributed by atoms with van der Waals surface area (Å²) >= 11 is 0. The van der Waals surface area contributed by atoms with Crippen molar-refractivity contribution in [1.29, 1.82) is 0 Å². The second-order valence-corrected chi connectivity index (χ2v) is 10.0. The van der Waals surface area contributed by atoms with E-state index in [0.29, 0.717) is 0 Å². The van der Waals surface area contributed by atoms with E-state index in [1.54, 1.807) is 14.2 Å². The third-order valence-electron chi connectivity index (χ3n) is 8.06. The van der Waals surface area contributed by atoms with E-state index in [-0.39, 0.29) is 6.04 Å². The summed E-state index contributed by atoms with van der Waals surface area (Å²) in [6, 6.07) is 21.8. The van der Waals surface area contributed by atoms with E-state index in [1.165, 1.54) is 63.1 Å². The quantitative estimate of drug-likeness (QED) is 0.333. The van der Waals surface area contributed by atoms with E-state index in [1.807, 2.05) is 6.07 Å². The number of ether oxygens (including phenoxy) is 2. The maximum atomic E-state index is 5.70. The van der Waals surface area contributed by atoms with Crippen LogP contribution in [0.1, 0.15) is 59.7 Å². The zero-order valence-corrected chi connectivity index (χ0v) is 20.8. The number of rotatable bonds is 3. The highest BCUT2D eigenvalue weighted by molar-refractivity contribution is 5.89. The van der Waals surface area contributed by atoms with Crippen molar-refractivity contribution in [2.45, 2.75) is 38.1 Å². The summed E-state index contributed by atoms with van der Waals surface area (Å²) in [6.45, 7) is 0. The van der Waals surface area contributed by atoms with Gasteiger partial charge in [-0.05, 0) is 96.0 Å². The fraction of sp³-hybridized carbons (Fsp3) is 0.250. The lowest BCUT2D eigenvalue weighted by Gasteiger charge is -2.40. The summed E-state index contributed by atoms with van der Waals surface area (Å²) in [5.74, 6) is 1.77. The number of hydrogen-bond acceptors (Lipinski definition) is 3. The zero-order valence-electron chi connectivity index (χ0n) is 20.8. The van der Waals surface area contributed by atoms with Gasteiger partial charge in [0.2, 0.25) is 0 Å². The van der Waals surface area contributed by atoms with Crippen molar-refractivity contribution >= 4 is 22.7 Å². The van der Waals surface area contributed by atoms with Crippen LogP contribution in [0.4, 0.5) is 5.69 Å². The van der Waals surface area contributed by atoms with E-state index >= 15 is 0 Å². The van der Waals surface area contributed by atoms with Gasteiger partial charge in [-0.3, -0.25) is 0 Å². The van der Waals surface area contributed by atoms with Crippen LogP contribution >= 0.6 is 0 Å². The monoisotopic (exact) mass is 474 g/mol. The lowest BCUT2D eigenvalue weighted by molar-refractivity contribution is 0.414. The molecule has 1 atom stereocenters. The SMILES string of the molecule is COc1ccc2c(c1)C1c3[nH]c4ccc(OC)cc4c3Cc3ccccc3N1C(C1=CCCCC1)=C2. The predicted molar refractivity (Wildman–Crippen MR) is 146 cm³/mol. The fourth-order valence-electron chi connectivity index (χ4n) is 6.30. The van der Waals surface area contributed by atoms with Gasteiger partial charge in [-0.2, -0.15) is 0 Å². The second-order valence-electron chi connectivity index (χ2n) is 10.0. The van der Waals surface area contributed by atoms with Crippen LogP contribution in [0.5, 0.6) is 11.5 Å². The molecule has 3 aromatic carbocycles. The number of H-pyrrole nitrogens is 1. The molecule has 4 heteroatoms. The van der Waals surface area contributed by atoms with Gasteiger partial charge in [0.15, 0.2) is 0 Å². The number of fused-ring (bicyclic) bond motifs is 9. The maximum absolute atomic E-state index is 5.70. The number of anilines is 1. The van der Waals surface area contributed by atoms with E-state index in [4.69, 9.17) is 9.47 Å². The molecule has 2 aliphatic heterocycles. The average Bonchev–Trinajstić information content (AvgIpc) is 3.21. The number of aromatic nitrogens is 1. The van der Waals surface area contributed by atoms with Crippen molar-refractivity contribution in [2.75, 3.05) is 19.1 Å². The van der Waals surface area contributed by atoms with Gasteiger partial charge < -0.3 is 19.4 Å². The smallest absolute Gasteiger partial charge is 0.119 e. The molecule has 180 valence electrons. The molecule has 0 fully saturated rings. The number of methoxy groups -OCH3 is 2. The Hall–Kier alpha value is -3.92. The Labute approximate surface area is 211 Å². The van der Waals surface area contributed by atoms with Crippen LogP contribution in [-0.4, -0.2) is 19.2 Å². The van der Waals surface area contributed by atoms with Crippen LogP contribution in [0.15, 0.2) is 78.0 Å². The van der Waals surface area contributed by atoms with Gasteiger partial charge in [0, 0.05) is 34.4 Å². The van der Waals surface area contributed by atoms with Gasteiger partial charge in [0.05, 0.1) is 14.2 Å². The minimum Gasteiger partial charge on any atom is -0.497 e. The molecule has 1 unspecified atom stereocenters. The molecule has 4 aromatic rings. The Morgan fingerprint density at radius 3 is 2.58 bits per heavy atom. The molecule has 3 heterocycles. The van der Waals surface area contributed by atoms with E-state index in [9.17, 15) is 0 Å². The largest absolute Gasteiger partial charge is 0.497 e. The Bertz CT molecular complexity index is 1560. The molecule has 0 amide bonds. The molecule has 1 aliphatic carbocycles. The molecule has 1 aromatic heterocycles. The van der Waals surface area contributed by atoms with Gasteiger partial charge in [-0.25, -0.2) is 0 Å². The minimum absolute atomic E-state index is 0.0231. The van der Waals surface area contributed by atoms with Crippen molar-refractivity contribution in [1.82, 2.24) is 4.98 Å². The molecule has 0 radical (unpaired) electrons. The normalized spacial score (nSPS) is 18.3. The fourth-order valence-corrected chi connectivity index (χ4v) is 6.30. The molecule has 0 bridgehead atoms. The highest BCUT2D eigenvalue weighted by Crippen LogP contribution is 2.50. The second kappa shape index (κ2) is 8.34. The van der Waals surface area contributed by atoms with E-state index in [2.05, 4.69) is 76.6 Å². The molecule has 4 nitrogen and oxygen atoms in total. The highest BCUT2D eigenvalue weighted by atomic mass is 16.5. The molecule has 7 rings (SSSR count). The first-order valence-corrected chi connectivity index (χ1v) is 12.9. The van der Waals surface area contributed by atoms with Crippen LogP contribution < -0.4 is 14.4 Å². The highest BCUT2D eigenvalue weighted by Gasteiger charge is 2.38. The third-order valence-corrected chi connectivity index (χ3v) is 8.06. The van der Waals surface area contributed by atoms with E-state index < -0.39 is 0 Å². The number of nitrogens with one attached hydrogen (secondary N) is 1. The van der Waals surface area contributed by atoms with Crippen molar-refractivity contribution in [3.63, 3.8) is 0 Å². The third kappa shape index (κ3) is 3.21. The lowest BCUT2D eigenvalue weighted by atomic mass is 9.86. The van der Waals surface area contributed by atoms with Crippen LogP contribution in [0.3, 0.4) is 0 Å². The number of hydrogen-bond donors (Lipinski definition) is 1. The first-order valence-electron chi connectivity index (χ1n) is 12.9. The van der Waals surface area contributed by atoms with Gasteiger partial charge in [-0.15, -0.1) is 0 Å². The summed E-state index contributed by atoms with van der Waals surface area (Å²) in [4.78, 5) is 6.45. The van der Waals surface area contributed by atoms with Crippen LogP contribution in [-0.2, 0) is 6.42 Å². The Morgan fingerprint density at radius 2 is 1.75 bits per heavy atom. The molecule has 0 saturated carbocycles. The predicted octanol–water partition coefficient (Wildman–Crippen LogP) is 7.54. The van der Waals surface area contributed by atoms with Gasteiger partial charge >= 0.3 is 0 Å². The topological polar surface area (TPSA) is 37.5 Å².